The summed E-state index contributed by atoms with van der Waals surface area (Å²) in [6.45, 7) is 11.7. The topological polar surface area (TPSA) is 0 Å². The number of hydrogen-bond acceptors (Lipinski definition) is 0. The van der Waals surface area contributed by atoms with E-state index in [2.05, 4.69) is 13.8 Å². The van der Waals surface area contributed by atoms with Crippen LogP contribution < -0.4 is 0 Å². The van der Waals surface area contributed by atoms with Crippen molar-refractivity contribution in [2.24, 2.45) is 16.7 Å². The number of allylic oxidation sites excluding steroid dienone is 1. The fourth-order valence-electron chi connectivity index (χ4n) is 4.35. The molecule has 0 aliphatic heterocycles. The normalized spacial score (nSPS) is 24.3. The van der Waals surface area contributed by atoms with Gasteiger partial charge in [-0.1, -0.05) is 66.0 Å². The molecule has 0 bridgehead atoms. The van der Waals surface area contributed by atoms with E-state index in [-0.39, 0.29) is 16.9 Å². The van der Waals surface area contributed by atoms with Crippen molar-refractivity contribution >= 4 is 6.08 Å². The molecule has 1 fully saturated rings. The molecule has 0 radical (unpaired) electrons. The van der Waals surface area contributed by atoms with E-state index in [1.54, 1.807) is 6.92 Å². The molecule has 0 nitrogen and oxygen atoms in total. The molecule has 0 heterocycles. The highest BCUT2D eigenvalue weighted by molar-refractivity contribution is 5.54. The van der Waals surface area contributed by atoms with Crippen LogP contribution in [0.1, 0.15) is 84.3 Å². The lowest BCUT2D eigenvalue weighted by Crippen LogP contribution is -2.30. The van der Waals surface area contributed by atoms with Gasteiger partial charge in [-0.15, -0.1) is 0 Å². The Kier molecular flexibility index (Phi) is 5.94. The standard InChI is InChI=1S/C22H30F4/c1-7-11-13-17(23)15(19(25)20(26)18(13)24)16(21(5,8-2)9-3)14-12-22(14,6)10-4/h7,11,14,16H,8-10,12H2,1-6H3. The average molecular weight is 370 g/mol. The summed E-state index contributed by atoms with van der Waals surface area (Å²) >= 11 is 0. The Labute approximate surface area is 154 Å². The highest BCUT2D eigenvalue weighted by Gasteiger charge is 2.58. The lowest BCUT2D eigenvalue weighted by molar-refractivity contribution is 0.182. The van der Waals surface area contributed by atoms with Crippen LogP contribution in [0.5, 0.6) is 0 Å². The van der Waals surface area contributed by atoms with Crippen molar-refractivity contribution in [2.75, 3.05) is 0 Å². The minimum atomic E-state index is -1.58. The Morgan fingerprint density at radius 2 is 1.62 bits per heavy atom. The quantitative estimate of drug-likeness (QED) is 0.263. The molecule has 1 aromatic rings. The highest BCUT2D eigenvalue weighted by Crippen LogP contribution is 2.66. The van der Waals surface area contributed by atoms with E-state index in [0.29, 0.717) is 12.8 Å². The first-order chi connectivity index (χ1) is 12.1. The van der Waals surface area contributed by atoms with Crippen molar-refractivity contribution in [2.45, 2.75) is 73.1 Å². The van der Waals surface area contributed by atoms with Crippen molar-refractivity contribution in [1.29, 1.82) is 0 Å². The SMILES string of the molecule is CC=Cc1c(F)c(F)c(F)c(C(C2CC2(C)CC)C(C)(CC)CC)c1F. The number of benzene rings is 1. The summed E-state index contributed by atoms with van der Waals surface area (Å²) in [5, 5.41) is 0. The third-order valence-corrected chi connectivity index (χ3v) is 6.97. The van der Waals surface area contributed by atoms with Crippen molar-refractivity contribution in [3.05, 3.63) is 40.5 Å². The van der Waals surface area contributed by atoms with E-state index in [4.69, 9.17) is 0 Å². The van der Waals surface area contributed by atoms with Crippen molar-refractivity contribution < 1.29 is 17.6 Å². The van der Waals surface area contributed by atoms with Gasteiger partial charge in [0.25, 0.3) is 0 Å². The monoisotopic (exact) mass is 370 g/mol. The molecule has 26 heavy (non-hydrogen) atoms. The molecule has 1 saturated carbocycles. The van der Waals surface area contributed by atoms with E-state index in [1.807, 2.05) is 20.8 Å². The summed E-state index contributed by atoms with van der Waals surface area (Å²) in [7, 11) is 0. The smallest absolute Gasteiger partial charge is 0.195 e. The Bertz CT molecular complexity index is 703. The molecule has 0 amide bonds. The van der Waals surface area contributed by atoms with Crippen LogP contribution in [0.2, 0.25) is 0 Å². The third kappa shape index (κ3) is 3.20. The minimum absolute atomic E-state index is 0.0131. The summed E-state index contributed by atoms with van der Waals surface area (Å²) in [5.74, 6) is -5.77. The lowest BCUT2D eigenvalue weighted by Gasteiger charge is -2.39. The summed E-state index contributed by atoms with van der Waals surface area (Å²) in [6.07, 6.45) is 5.77. The van der Waals surface area contributed by atoms with Gasteiger partial charge in [-0.2, -0.15) is 0 Å². The van der Waals surface area contributed by atoms with E-state index in [9.17, 15) is 13.2 Å². The van der Waals surface area contributed by atoms with E-state index in [1.165, 1.54) is 12.2 Å². The van der Waals surface area contributed by atoms with Crippen molar-refractivity contribution in [1.82, 2.24) is 0 Å². The van der Waals surface area contributed by atoms with Crippen molar-refractivity contribution in [3.8, 4) is 0 Å². The van der Waals surface area contributed by atoms with E-state index >= 15 is 4.39 Å². The maximum atomic E-state index is 15.3. The summed E-state index contributed by atoms with van der Waals surface area (Å²) in [4.78, 5) is 0. The molecule has 0 spiro atoms. The summed E-state index contributed by atoms with van der Waals surface area (Å²) in [6, 6.07) is 0. The van der Waals surface area contributed by atoms with Gasteiger partial charge in [0.2, 0.25) is 0 Å². The maximum Gasteiger partial charge on any atom is 0.195 e. The zero-order chi connectivity index (χ0) is 19.9. The number of rotatable bonds is 7. The Hall–Kier alpha value is -1.32. The van der Waals surface area contributed by atoms with Crippen LogP contribution in [0, 0.1) is 40.0 Å². The summed E-state index contributed by atoms with van der Waals surface area (Å²) in [5.41, 5.74) is -1.16. The van der Waals surface area contributed by atoms with Gasteiger partial charge >= 0.3 is 0 Å². The van der Waals surface area contributed by atoms with Crippen molar-refractivity contribution in [3.63, 3.8) is 0 Å². The molecule has 1 aliphatic carbocycles. The second-order valence-electron chi connectivity index (χ2n) is 8.24. The van der Waals surface area contributed by atoms with Crippen LogP contribution in [0.3, 0.4) is 0 Å². The Morgan fingerprint density at radius 1 is 1.04 bits per heavy atom. The Balaban J connectivity index is 2.78. The molecule has 0 aromatic heterocycles. The number of halogens is 4. The van der Waals surface area contributed by atoms with Gasteiger partial charge in [0.05, 0.1) is 0 Å². The predicted octanol–water partition coefficient (Wildman–Crippen LogP) is 7.62. The summed E-state index contributed by atoms with van der Waals surface area (Å²) < 4.78 is 58.6. The molecule has 1 aromatic carbocycles. The first kappa shape index (κ1) is 21.0. The van der Waals surface area contributed by atoms with E-state index < -0.39 is 40.2 Å². The van der Waals surface area contributed by atoms with Crippen LogP contribution in [-0.4, -0.2) is 0 Å². The Morgan fingerprint density at radius 3 is 2.04 bits per heavy atom. The van der Waals surface area contributed by atoms with Crippen LogP contribution in [0.25, 0.3) is 6.08 Å². The second kappa shape index (κ2) is 7.36. The van der Waals surface area contributed by atoms with Gasteiger partial charge in [-0.25, -0.2) is 17.6 Å². The molecule has 0 saturated heterocycles. The third-order valence-electron chi connectivity index (χ3n) is 6.97. The second-order valence-corrected chi connectivity index (χ2v) is 8.24. The van der Waals surface area contributed by atoms with Gasteiger partial charge in [0.1, 0.15) is 5.82 Å². The predicted molar refractivity (Wildman–Crippen MR) is 98.9 cm³/mol. The zero-order valence-corrected chi connectivity index (χ0v) is 16.6. The molecule has 146 valence electrons. The van der Waals surface area contributed by atoms with Crippen LogP contribution in [-0.2, 0) is 0 Å². The molecular weight excluding hydrogens is 340 g/mol. The first-order valence-corrected chi connectivity index (χ1v) is 9.60. The van der Waals surface area contributed by atoms with Crippen LogP contribution >= 0.6 is 0 Å². The van der Waals surface area contributed by atoms with Crippen LogP contribution in [0.15, 0.2) is 6.08 Å². The first-order valence-electron chi connectivity index (χ1n) is 9.60. The van der Waals surface area contributed by atoms with Gasteiger partial charge in [0, 0.05) is 11.1 Å². The highest BCUT2D eigenvalue weighted by atomic mass is 19.2. The maximum absolute atomic E-state index is 15.3. The van der Waals surface area contributed by atoms with Gasteiger partial charge in [-0.3, -0.25) is 0 Å². The van der Waals surface area contributed by atoms with Crippen LogP contribution in [0.4, 0.5) is 17.6 Å². The molecule has 2 rings (SSSR count). The molecular formula is C22H30F4. The average Bonchev–Trinajstić information content (AvgIpc) is 3.31. The van der Waals surface area contributed by atoms with Gasteiger partial charge < -0.3 is 0 Å². The fourth-order valence-corrected chi connectivity index (χ4v) is 4.35. The molecule has 1 aliphatic rings. The largest absolute Gasteiger partial charge is 0.206 e. The lowest BCUT2D eigenvalue weighted by atomic mass is 9.65. The molecule has 4 heteroatoms. The molecule has 3 unspecified atom stereocenters. The minimum Gasteiger partial charge on any atom is -0.206 e. The molecule has 0 N–H and O–H groups in total. The molecule has 3 atom stereocenters. The fraction of sp³-hybridized carbons (Fsp3) is 0.636. The van der Waals surface area contributed by atoms with Gasteiger partial charge in [0.15, 0.2) is 17.5 Å². The number of hydrogen-bond donors (Lipinski definition) is 0. The zero-order valence-electron chi connectivity index (χ0n) is 16.6. The van der Waals surface area contributed by atoms with E-state index in [0.717, 1.165) is 12.8 Å². The van der Waals surface area contributed by atoms with Gasteiger partial charge in [-0.05, 0) is 36.0 Å².